The Labute approximate surface area is 123 Å². The summed E-state index contributed by atoms with van der Waals surface area (Å²) in [6, 6.07) is 3.49. The van der Waals surface area contributed by atoms with Gasteiger partial charge >= 0.3 is 6.18 Å². The number of aromatic nitrogens is 2. The van der Waals surface area contributed by atoms with Gasteiger partial charge in [-0.05, 0) is 18.6 Å². The molecule has 2 heterocycles. The molecule has 2 aromatic rings. The Morgan fingerprint density at radius 3 is 2.67 bits per heavy atom. The lowest BCUT2D eigenvalue weighted by Crippen LogP contribution is -2.16. The van der Waals surface area contributed by atoms with Crippen LogP contribution in [0, 0.1) is 0 Å². The first-order valence-corrected chi connectivity index (χ1v) is 7.04. The van der Waals surface area contributed by atoms with Crippen molar-refractivity contribution in [3.63, 3.8) is 0 Å². The molecule has 2 aromatic heterocycles. The molecule has 0 saturated carbocycles. The Morgan fingerprint density at radius 1 is 1.29 bits per heavy atom. The van der Waals surface area contributed by atoms with Crippen LogP contribution in [0.1, 0.15) is 24.0 Å². The number of halogens is 3. The van der Waals surface area contributed by atoms with E-state index < -0.39 is 17.8 Å². The third kappa shape index (κ3) is 4.25. The van der Waals surface area contributed by atoms with Crippen LogP contribution in [-0.4, -0.2) is 15.9 Å². The average Bonchev–Trinajstić information content (AvgIpc) is 2.85. The Hall–Kier alpha value is -1.96. The van der Waals surface area contributed by atoms with Crippen molar-refractivity contribution in [2.24, 2.45) is 0 Å². The van der Waals surface area contributed by atoms with Gasteiger partial charge in [-0.1, -0.05) is 13.0 Å². The van der Waals surface area contributed by atoms with Crippen LogP contribution in [0.5, 0.6) is 0 Å². The average molecular weight is 315 g/mol. The highest BCUT2D eigenvalue weighted by molar-refractivity contribution is 7.13. The molecule has 4 nitrogen and oxygen atoms in total. The SMILES string of the molecule is CCc1csc(NC(=O)Cc2cccc(C(F)(F)F)n2)n1. The summed E-state index contributed by atoms with van der Waals surface area (Å²) in [5.74, 6) is -0.446. The lowest BCUT2D eigenvalue weighted by molar-refractivity contribution is -0.141. The van der Waals surface area contributed by atoms with E-state index in [-0.39, 0.29) is 12.1 Å². The molecule has 0 radical (unpaired) electrons. The van der Waals surface area contributed by atoms with Crippen molar-refractivity contribution >= 4 is 22.4 Å². The van der Waals surface area contributed by atoms with E-state index in [0.29, 0.717) is 5.13 Å². The molecular formula is C13H12F3N3OS. The summed E-state index contributed by atoms with van der Waals surface area (Å²) in [6.07, 6.45) is -4.00. The first-order valence-electron chi connectivity index (χ1n) is 6.16. The minimum atomic E-state index is -4.52. The van der Waals surface area contributed by atoms with Crippen molar-refractivity contribution in [2.75, 3.05) is 5.32 Å². The number of anilines is 1. The Balaban J connectivity index is 2.02. The Kier molecular flexibility index (Phi) is 4.56. The molecule has 0 aliphatic heterocycles. The summed E-state index contributed by atoms with van der Waals surface area (Å²) in [5, 5.41) is 4.80. The van der Waals surface area contributed by atoms with Crippen molar-refractivity contribution in [3.8, 4) is 0 Å². The summed E-state index contributed by atoms with van der Waals surface area (Å²) >= 11 is 1.28. The van der Waals surface area contributed by atoms with Crippen molar-refractivity contribution in [3.05, 3.63) is 40.7 Å². The van der Waals surface area contributed by atoms with Crippen LogP contribution in [0.4, 0.5) is 18.3 Å². The summed E-state index contributed by atoms with van der Waals surface area (Å²) in [6.45, 7) is 1.94. The van der Waals surface area contributed by atoms with E-state index >= 15 is 0 Å². The zero-order valence-corrected chi connectivity index (χ0v) is 11.9. The molecule has 0 unspecified atom stereocenters. The number of rotatable bonds is 4. The summed E-state index contributed by atoms with van der Waals surface area (Å²) in [4.78, 5) is 19.4. The number of hydrogen-bond acceptors (Lipinski definition) is 4. The molecule has 0 bridgehead atoms. The highest BCUT2D eigenvalue weighted by Crippen LogP contribution is 2.27. The molecule has 0 spiro atoms. The van der Waals surface area contributed by atoms with Gasteiger partial charge in [0.25, 0.3) is 0 Å². The third-order valence-corrected chi connectivity index (χ3v) is 3.41. The Bertz CT molecular complexity index is 640. The van der Waals surface area contributed by atoms with Crippen molar-refractivity contribution < 1.29 is 18.0 Å². The van der Waals surface area contributed by atoms with Gasteiger partial charge in [0.05, 0.1) is 17.8 Å². The molecule has 0 fully saturated rings. The van der Waals surface area contributed by atoms with Crippen molar-refractivity contribution in [1.29, 1.82) is 0 Å². The standard InChI is InChI=1S/C13H12F3N3OS/c1-2-8-7-21-12(18-8)19-11(20)6-9-4-3-5-10(17-9)13(14,15)16/h3-5,7H,2,6H2,1H3,(H,18,19,20). The summed E-state index contributed by atoms with van der Waals surface area (Å²) in [7, 11) is 0. The molecule has 1 N–H and O–H groups in total. The van der Waals surface area contributed by atoms with Gasteiger partial charge in [0, 0.05) is 5.38 Å². The van der Waals surface area contributed by atoms with E-state index in [4.69, 9.17) is 0 Å². The maximum absolute atomic E-state index is 12.5. The number of amides is 1. The van der Waals surface area contributed by atoms with Gasteiger partial charge < -0.3 is 5.32 Å². The number of carbonyl (C=O) groups is 1. The summed E-state index contributed by atoms with van der Waals surface area (Å²) < 4.78 is 37.6. The van der Waals surface area contributed by atoms with Crippen LogP contribution < -0.4 is 5.32 Å². The van der Waals surface area contributed by atoms with Crippen LogP contribution >= 0.6 is 11.3 Å². The van der Waals surface area contributed by atoms with Crippen LogP contribution in [0.3, 0.4) is 0 Å². The molecular weight excluding hydrogens is 303 g/mol. The van der Waals surface area contributed by atoms with E-state index in [1.54, 1.807) is 0 Å². The minimum absolute atomic E-state index is 0.0644. The first-order chi connectivity index (χ1) is 9.88. The molecule has 0 aromatic carbocycles. The molecule has 8 heteroatoms. The number of hydrogen-bond donors (Lipinski definition) is 1. The minimum Gasteiger partial charge on any atom is -0.302 e. The number of nitrogens with zero attached hydrogens (tertiary/aromatic N) is 2. The second-order valence-corrected chi connectivity index (χ2v) is 5.09. The maximum Gasteiger partial charge on any atom is 0.433 e. The zero-order chi connectivity index (χ0) is 15.5. The third-order valence-electron chi connectivity index (χ3n) is 2.60. The number of carbonyl (C=O) groups excluding carboxylic acids is 1. The van der Waals surface area contributed by atoms with Crippen LogP contribution in [0.2, 0.25) is 0 Å². The topological polar surface area (TPSA) is 54.9 Å². The molecule has 0 aliphatic carbocycles. The van der Waals surface area contributed by atoms with Crippen molar-refractivity contribution in [1.82, 2.24) is 9.97 Å². The summed E-state index contributed by atoms with van der Waals surface area (Å²) in [5.41, 5.74) is -0.0857. The molecule has 21 heavy (non-hydrogen) atoms. The van der Waals surface area contributed by atoms with Gasteiger partial charge in [-0.15, -0.1) is 11.3 Å². The van der Waals surface area contributed by atoms with Gasteiger partial charge in [-0.3, -0.25) is 4.79 Å². The first kappa shape index (κ1) is 15.4. The van der Waals surface area contributed by atoms with E-state index in [9.17, 15) is 18.0 Å². The predicted octanol–water partition coefficient (Wildman–Crippen LogP) is 3.30. The normalized spacial score (nSPS) is 11.4. The van der Waals surface area contributed by atoms with E-state index in [1.807, 2.05) is 12.3 Å². The lowest BCUT2D eigenvalue weighted by atomic mass is 10.2. The fraction of sp³-hybridized carbons (Fsp3) is 0.308. The second kappa shape index (κ2) is 6.21. The largest absolute Gasteiger partial charge is 0.433 e. The second-order valence-electron chi connectivity index (χ2n) is 4.23. The predicted molar refractivity (Wildman–Crippen MR) is 73.1 cm³/mol. The van der Waals surface area contributed by atoms with Crippen molar-refractivity contribution in [2.45, 2.75) is 25.9 Å². The fourth-order valence-corrected chi connectivity index (χ4v) is 2.40. The molecule has 2 rings (SSSR count). The molecule has 112 valence electrons. The van der Waals surface area contributed by atoms with E-state index in [1.165, 1.54) is 23.5 Å². The van der Waals surface area contributed by atoms with Gasteiger partial charge in [-0.2, -0.15) is 13.2 Å². The zero-order valence-electron chi connectivity index (χ0n) is 11.1. The van der Waals surface area contributed by atoms with E-state index in [0.717, 1.165) is 18.2 Å². The monoisotopic (exact) mass is 315 g/mol. The van der Waals surface area contributed by atoms with Gasteiger partial charge in [0.2, 0.25) is 5.91 Å². The van der Waals surface area contributed by atoms with Crippen LogP contribution in [0.15, 0.2) is 23.6 Å². The smallest absolute Gasteiger partial charge is 0.302 e. The molecule has 1 amide bonds. The molecule has 0 saturated heterocycles. The van der Waals surface area contributed by atoms with E-state index in [2.05, 4.69) is 15.3 Å². The number of alkyl halides is 3. The van der Waals surface area contributed by atoms with Crippen LogP contribution in [0.25, 0.3) is 0 Å². The van der Waals surface area contributed by atoms with Gasteiger partial charge in [0.1, 0.15) is 5.69 Å². The lowest BCUT2D eigenvalue weighted by Gasteiger charge is -2.07. The fourth-order valence-electron chi connectivity index (χ4n) is 1.59. The number of thiazole rings is 1. The van der Waals surface area contributed by atoms with Crippen LogP contribution in [-0.2, 0) is 23.8 Å². The van der Waals surface area contributed by atoms with Gasteiger partial charge in [-0.25, -0.2) is 9.97 Å². The number of nitrogens with one attached hydrogen (secondary N) is 1. The quantitative estimate of drug-likeness (QED) is 0.942. The highest BCUT2D eigenvalue weighted by atomic mass is 32.1. The van der Waals surface area contributed by atoms with Gasteiger partial charge in [0.15, 0.2) is 5.13 Å². The molecule has 0 aliphatic rings. The Morgan fingerprint density at radius 2 is 2.05 bits per heavy atom. The number of aryl methyl sites for hydroxylation is 1. The number of pyridine rings is 1. The maximum atomic E-state index is 12.5. The molecule has 0 atom stereocenters. The highest BCUT2D eigenvalue weighted by Gasteiger charge is 2.32.